The smallest absolute Gasteiger partial charge is 0.330 e. The van der Waals surface area contributed by atoms with Crippen LogP contribution in [0.2, 0.25) is 0 Å². The Balaban J connectivity index is 1.92. The molecule has 0 amide bonds. The third-order valence-electron chi connectivity index (χ3n) is 4.18. The number of rotatable bonds is 6. The molecule has 134 valence electrons. The van der Waals surface area contributed by atoms with Gasteiger partial charge in [-0.05, 0) is 27.7 Å². The number of hydrogen-bond acceptors (Lipinski definition) is 6. The van der Waals surface area contributed by atoms with Crippen molar-refractivity contribution in [2.24, 2.45) is 0 Å². The van der Waals surface area contributed by atoms with E-state index in [0.29, 0.717) is 13.2 Å². The first-order valence-electron chi connectivity index (χ1n) is 8.20. The first kappa shape index (κ1) is 17.3. The van der Waals surface area contributed by atoms with Gasteiger partial charge in [0.2, 0.25) is 0 Å². The van der Waals surface area contributed by atoms with Crippen LogP contribution >= 0.6 is 0 Å². The first-order valence-corrected chi connectivity index (χ1v) is 8.20. The van der Waals surface area contributed by atoms with Crippen molar-refractivity contribution >= 4 is 0 Å². The number of hydrogen-bond donors (Lipinski definition) is 1. The Bertz CT molecular complexity index is 696. The largest absolute Gasteiger partial charge is 0.376 e. The summed E-state index contributed by atoms with van der Waals surface area (Å²) >= 11 is 0. The second-order valence-corrected chi connectivity index (χ2v) is 6.83. The lowest BCUT2D eigenvalue weighted by molar-refractivity contribution is -0.200. The van der Waals surface area contributed by atoms with Crippen LogP contribution in [0.5, 0.6) is 0 Å². The summed E-state index contributed by atoms with van der Waals surface area (Å²) in [7, 11) is 0. The molecule has 4 atom stereocenters. The molecule has 2 aliphatic rings. The number of aromatic amines is 1. The summed E-state index contributed by atoms with van der Waals surface area (Å²) in [6.45, 7) is 8.43. The highest BCUT2D eigenvalue weighted by atomic mass is 16.7. The van der Waals surface area contributed by atoms with E-state index in [9.17, 15) is 9.59 Å². The Labute approximate surface area is 139 Å². The Morgan fingerprint density at radius 3 is 2.71 bits per heavy atom. The number of nitrogens with zero attached hydrogens (tertiary/aromatic N) is 1. The first-order chi connectivity index (χ1) is 11.3. The molecule has 2 saturated heterocycles. The van der Waals surface area contributed by atoms with E-state index in [1.54, 1.807) is 0 Å². The molecule has 0 saturated carbocycles. The lowest BCUT2D eigenvalue weighted by Crippen LogP contribution is -2.47. The molecular formula is C16H24N2O6. The fourth-order valence-corrected chi connectivity index (χ4v) is 3.15. The van der Waals surface area contributed by atoms with E-state index in [0.717, 1.165) is 0 Å². The molecule has 1 N–H and O–H groups in total. The molecule has 0 spiro atoms. The van der Waals surface area contributed by atoms with E-state index in [1.165, 1.54) is 16.8 Å². The van der Waals surface area contributed by atoms with Crippen molar-refractivity contribution in [1.82, 2.24) is 9.55 Å². The minimum Gasteiger partial charge on any atom is -0.376 e. The van der Waals surface area contributed by atoms with Gasteiger partial charge in [-0.2, -0.15) is 0 Å². The third-order valence-corrected chi connectivity index (χ3v) is 4.18. The van der Waals surface area contributed by atoms with Crippen LogP contribution in [0.4, 0.5) is 0 Å². The van der Waals surface area contributed by atoms with Gasteiger partial charge < -0.3 is 18.9 Å². The monoisotopic (exact) mass is 340 g/mol. The van der Waals surface area contributed by atoms with Crippen LogP contribution < -0.4 is 11.2 Å². The quantitative estimate of drug-likeness (QED) is 0.807. The zero-order valence-electron chi connectivity index (χ0n) is 14.4. The molecule has 24 heavy (non-hydrogen) atoms. The Kier molecular flexibility index (Phi) is 4.65. The molecule has 1 aromatic heterocycles. The molecule has 0 aromatic carbocycles. The van der Waals surface area contributed by atoms with Crippen LogP contribution in [0, 0.1) is 0 Å². The van der Waals surface area contributed by atoms with Crippen molar-refractivity contribution in [1.29, 1.82) is 0 Å². The minimum atomic E-state index is -0.764. The lowest BCUT2D eigenvalue weighted by Gasteiger charge is -2.32. The van der Waals surface area contributed by atoms with Gasteiger partial charge in [0, 0.05) is 12.3 Å². The SMILES string of the molecule is CC(C)OC[C@@]12COC([C@H](n3ccc(=O)[nH]c3=O)O1)[C@H]2OC(C)C. The van der Waals surface area contributed by atoms with Crippen molar-refractivity contribution in [3.8, 4) is 0 Å². The molecular weight excluding hydrogens is 316 g/mol. The van der Waals surface area contributed by atoms with Crippen LogP contribution in [0.25, 0.3) is 0 Å². The van der Waals surface area contributed by atoms with Crippen molar-refractivity contribution in [2.75, 3.05) is 13.2 Å². The van der Waals surface area contributed by atoms with E-state index in [-0.39, 0.29) is 18.3 Å². The molecule has 1 aromatic rings. The second kappa shape index (κ2) is 6.44. The average Bonchev–Trinajstić information content (AvgIpc) is 2.97. The summed E-state index contributed by atoms with van der Waals surface area (Å²) in [6.07, 6.45) is -0.0161. The predicted octanol–water partition coefficient (Wildman–Crippen LogP) is 0.422. The van der Waals surface area contributed by atoms with Gasteiger partial charge in [-0.15, -0.1) is 0 Å². The number of fused-ring (bicyclic) bond motifs is 2. The van der Waals surface area contributed by atoms with Crippen LogP contribution in [0.1, 0.15) is 33.9 Å². The van der Waals surface area contributed by atoms with Crippen LogP contribution in [0.3, 0.4) is 0 Å². The van der Waals surface area contributed by atoms with E-state index in [1.807, 2.05) is 27.7 Å². The van der Waals surface area contributed by atoms with Gasteiger partial charge in [0.25, 0.3) is 5.56 Å². The standard InChI is InChI=1S/C16H24N2O6/c1-9(2)21-7-16-8-22-12(13(16)23-10(3)4)14(24-16)18-6-5-11(19)17-15(18)20/h5-6,9-10,12-14H,7-8H2,1-4H3,(H,17,19,20)/t12?,13-,14-,16+/m1/s1. The molecule has 2 bridgehead atoms. The number of ether oxygens (including phenoxy) is 4. The normalized spacial score (nSPS) is 32.2. The Hall–Kier alpha value is -1.48. The van der Waals surface area contributed by atoms with Gasteiger partial charge >= 0.3 is 5.69 Å². The summed E-state index contributed by atoms with van der Waals surface area (Å²) in [5, 5.41) is 0. The van der Waals surface area contributed by atoms with Crippen molar-refractivity contribution in [3.05, 3.63) is 33.1 Å². The lowest BCUT2D eigenvalue weighted by atomic mass is 9.99. The summed E-state index contributed by atoms with van der Waals surface area (Å²) in [4.78, 5) is 25.6. The summed E-state index contributed by atoms with van der Waals surface area (Å²) in [5.74, 6) is 0. The van der Waals surface area contributed by atoms with Crippen molar-refractivity contribution in [2.45, 2.75) is 63.9 Å². The minimum absolute atomic E-state index is 0.0210. The zero-order valence-corrected chi connectivity index (χ0v) is 14.4. The number of H-pyrrole nitrogens is 1. The van der Waals surface area contributed by atoms with E-state index >= 15 is 0 Å². The fourth-order valence-electron chi connectivity index (χ4n) is 3.15. The molecule has 0 aliphatic carbocycles. The van der Waals surface area contributed by atoms with Crippen LogP contribution in [-0.4, -0.2) is 52.8 Å². The number of aromatic nitrogens is 2. The maximum absolute atomic E-state index is 12.1. The van der Waals surface area contributed by atoms with E-state index in [2.05, 4.69) is 4.98 Å². The topological polar surface area (TPSA) is 91.8 Å². The highest BCUT2D eigenvalue weighted by molar-refractivity contribution is 5.08. The third kappa shape index (κ3) is 3.06. The molecule has 3 rings (SSSR count). The zero-order chi connectivity index (χ0) is 17.5. The van der Waals surface area contributed by atoms with Crippen LogP contribution in [0.15, 0.2) is 21.9 Å². The summed E-state index contributed by atoms with van der Waals surface area (Å²) in [6, 6.07) is 1.28. The fraction of sp³-hybridized carbons (Fsp3) is 0.750. The number of nitrogens with one attached hydrogen (secondary N) is 1. The van der Waals surface area contributed by atoms with Crippen LogP contribution in [-0.2, 0) is 18.9 Å². The maximum Gasteiger partial charge on any atom is 0.330 e. The Morgan fingerprint density at radius 2 is 2.08 bits per heavy atom. The van der Waals surface area contributed by atoms with Gasteiger partial charge in [0.1, 0.15) is 17.8 Å². The van der Waals surface area contributed by atoms with Gasteiger partial charge in [-0.25, -0.2) is 4.79 Å². The van der Waals surface area contributed by atoms with Crippen molar-refractivity contribution < 1.29 is 18.9 Å². The predicted molar refractivity (Wildman–Crippen MR) is 85.0 cm³/mol. The summed E-state index contributed by atoms with van der Waals surface area (Å²) in [5.41, 5.74) is -1.75. The molecule has 8 heteroatoms. The van der Waals surface area contributed by atoms with Gasteiger partial charge in [-0.3, -0.25) is 14.3 Å². The molecule has 0 radical (unpaired) electrons. The molecule has 1 unspecified atom stereocenters. The Morgan fingerprint density at radius 1 is 1.33 bits per heavy atom. The highest BCUT2D eigenvalue weighted by Gasteiger charge is 2.63. The van der Waals surface area contributed by atoms with Gasteiger partial charge in [-0.1, -0.05) is 0 Å². The van der Waals surface area contributed by atoms with E-state index < -0.39 is 29.2 Å². The molecule has 2 fully saturated rings. The summed E-state index contributed by atoms with van der Waals surface area (Å²) < 4.78 is 25.2. The van der Waals surface area contributed by atoms with Crippen molar-refractivity contribution in [3.63, 3.8) is 0 Å². The molecule has 3 heterocycles. The second-order valence-electron chi connectivity index (χ2n) is 6.83. The molecule has 2 aliphatic heterocycles. The molecule has 8 nitrogen and oxygen atoms in total. The maximum atomic E-state index is 12.1. The van der Waals surface area contributed by atoms with Gasteiger partial charge in [0.15, 0.2) is 6.23 Å². The average molecular weight is 340 g/mol. The van der Waals surface area contributed by atoms with Gasteiger partial charge in [0.05, 0.1) is 25.4 Å². The highest BCUT2D eigenvalue weighted by Crippen LogP contribution is 2.46. The van der Waals surface area contributed by atoms with E-state index in [4.69, 9.17) is 18.9 Å².